The Morgan fingerprint density at radius 2 is 1.68 bits per heavy atom. The number of anilines is 1. The molecule has 3 rings (SSSR count). The monoisotopic (exact) mass is 380 g/mol. The van der Waals surface area contributed by atoms with Gasteiger partial charge in [0.05, 0.1) is 5.92 Å². The van der Waals surface area contributed by atoms with Crippen molar-refractivity contribution in [3.63, 3.8) is 0 Å². The zero-order valence-corrected chi connectivity index (χ0v) is 15.8. The van der Waals surface area contributed by atoms with Gasteiger partial charge in [0.15, 0.2) is 0 Å². The highest BCUT2D eigenvalue weighted by molar-refractivity contribution is 5.98. The summed E-state index contributed by atoms with van der Waals surface area (Å²) in [5, 5.41) is 12.0. The van der Waals surface area contributed by atoms with Gasteiger partial charge in [-0.2, -0.15) is 0 Å². The van der Waals surface area contributed by atoms with Crippen LogP contribution >= 0.6 is 0 Å². The molecule has 0 aromatic heterocycles. The first kappa shape index (κ1) is 19.6. The molecule has 2 N–H and O–H groups in total. The number of aliphatic carboxylic acids is 1. The summed E-state index contributed by atoms with van der Waals surface area (Å²) in [5.41, 5.74) is 2.00. The van der Waals surface area contributed by atoms with E-state index in [9.17, 15) is 14.4 Å². The lowest BCUT2D eigenvalue weighted by Gasteiger charge is -2.34. The van der Waals surface area contributed by atoms with Crippen molar-refractivity contribution in [2.45, 2.75) is 38.1 Å². The third-order valence-corrected chi connectivity index (χ3v) is 5.08. The van der Waals surface area contributed by atoms with Crippen LogP contribution in [-0.2, 0) is 14.4 Å². The number of carboxylic acid groups (broad SMARTS) is 1. The number of hydrogen-bond acceptors (Lipinski definition) is 3. The van der Waals surface area contributed by atoms with Crippen LogP contribution in [0.4, 0.5) is 5.69 Å². The van der Waals surface area contributed by atoms with Crippen LogP contribution in [0.25, 0.3) is 0 Å². The Morgan fingerprint density at radius 3 is 2.29 bits per heavy atom. The van der Waals surface area contributed by atoms with Crippen molar-refractivity contribution in [1.82, 2.24) is 4.90 Å². The van der Waals surface area contributed by atoms with Gasteiger partial charge in [-0.3, -0.25) is 14.4 Å². The van der Waals surface area contributed by atoms with Crippen LogP contribution in [0.1, 0.15) is 49.3 Å². The fourth-order valence-electron chi connectivity index (χ4n) is 3.42. The predicted octanol–water partition coefficient (Wildman–Crippen LogP) is 3.57. The number of carbonyl (C=O) groups is 3. The van der Waals surface area contributed by atoms with E-state index < -0.39 is 17.9 Å². The van der Waals surface area contributed by atoms with Gasteiger partial charge in [-0.05, 0) is 43.0 Å². The molecule has 1 aliphatic rings. The molecule has 0 saturated carbocycles. The van der Waals surface area contributed by atoms with Gasteiger partial charge in [0.25, 0.3) is 5.91 Å². The number of amides is 2. The van der Waals surface area contributed by atoms with Gasteiger partial charge in [-0.25, -0.2) is 0 Å². The van der Waals surface area contributed by atoms with E-state index in [1.165, 1.54) is 0 Å². The fraction of sp³-hybridized carbons (Fsp3) is 0.318. The minimum atomic E-state index is -0.899. The lowest BCUT2D eigenvalue weighted by atomic mass is 9.99. The van der Waals surface area contributed by atoms with Crippen LogP contribution in [0.15, 0.2) is 54.6 Å². The van der Waals surface area contributed by atoms with Crippen molar-refractivity contribution < 1.29 is 19.5 Å². The lowest BCUT2D eigenvalue weighted by Crippen LogP contribution is -2.43. The molecule has 1 heterocycles. The summed E-state index contributed by atoms with van der Waals surface area (Å²) < 4.78 is 0. The van der Waals surface area contributed by atoms with E-state index in [4.69, 9.17) is 5.11 Å². The summed E-state index contributed by atoms with van der Waals surface area (Å²) in [6.45, 7) is 2.17. The smallest absolute Gasteiger partial charge is 0.310 e. The standard InChI is InChI=1S/C22H24N2O4/c1-15(22(27)28)16-10-12-18(13-11-16)23-21(26)20(17-7-3-2-4-8-17)24-14-6-5-9-19(24)25/h2-4,7-8,10-13,15,20H,5-6,9,14H2,1H3,(H,23,26)(H,27,28). The second-order valence-electron chi connectivity index (χ2n) is 7.03. The van der Waals surface area contributed by atoms with Gasteiger partial charge in [-0.15, -0.1) is 0 Å². The quantitative estimate of drug-likeness (QED) is 0.802. The average molecular weight is 380 g/mol. The number of nitrogens with zero attached hydrogens (tertiary/aromatic N) is 1. The summed E-state index contributed by atoms with van der Waals surface area (Å²) in [5.74, 6) is -1.81. The van der Waals surface area contributed by atoms with Crippen LogP contribution in [0.5, 0.6) is 0 Å². The van der Waals surface area contributed by atoms with Crippen molar-refractivity contribution in [3.05, 3.63) is 65.7 Å². The van der Waals surface area contributed by atoms with Crippen molar-refractivity contribution in [2.24, 2.45) is 0 Å². The molecule has 1 saturated heterocycles. The zero-order valence-electron chi connectivity index (χ0n) is 15.8. The fourth-order valence-corrected chi connectivity index (χ4v) is 3.42. The minimum Gasteiger partial charge on any atom is -0.481 e. The SMILES string of the molecule is CC(C(=O)O)c1ccc(NC(=O)C(c2ccccc2)N2CCCCC2=O)cc1. The van der Waals surface area contributed by atoms with E-state index in [1.807, 2.05) is 30.3 Å². The van der Waals surface area contributed by atoms with Crippen LogP contribution in [0.2, 0.25) is 0 Å². The van der Waals surface area contributed by atoms with Crippen LogP contribution in [0, 0.1) is 0 Å². The summed E-state index contributed by atoms with van der Waals surface area (Å²) in [6, 6.07) is 15.4. The number of hydrogen-bond donors (Lipinski definition) is 2. The first-order chi connectivity index (χ1) is 13.5. The third-order valence-electron chi connectivity index (χ3n) is 5.08. The van der Waals surface area contributed by atoms with Crippen molar-refractivity contribution in [2.75, 3.05) is 11.9 Å². The molecule has 2 aromatic rings. The molecular formula is C22H24N2O4. The molecule has 6 nitrogen and oxygen atoms in total. The van der Waals surface area contributed by atoms with Gasteiger partial charge < -0.3 is 15.3 Å². The molecule has 2 aromatic carbocycles. The molecule has 0 spiro atoms. The maximum atomic E-state index is 13.1. The van der Waals surface area contributed by atoms with Gasteiger partial charge >= 0.3 is 5.97 Å². The molecule has 2 atom stereocenters. The highest BCUT2D eigenvalue weighted by Gasteiger charge is 2.32. The van der Waals surface area contributed by atoms with Crippen LogP contribution in [-0.4, -0.2) is 34.3 Å². The van der Waals surface area contributed by atoms with Gasteiger partial charge in [0, 0.05) is 18.7 Å². The number of benzene rings is 2. The Bertz CT molecular complexity index is 849. The van der Waals surface area contributed by atoms with Crippen LogP contribution in [0.3, 0.4) is 0 Å². The Hall–Kier alpha value is -3.15. The number of likely N-dealkylation sites (tertiary alicyclic amines) is 1. The Labute approximate surface area is 164 Å². The Kier molecular flexibility index (Phi) is 6.09. The zero-order chi connectivity index (χ0) is 20.1. The highest BCUT2D eigenvalue weighted by Crippen LogP contribution is 2.27. The molecular weight excluding hydrogens is 356 g/mol. The molecule has 0 bridgehead atoms. The number of carboxylic acids is 1. The lowest BCUT2D eigenvalue weighted by molar-refractivity contribution is -0.141. The largest absolute Gasteiger partial charge is 0.481 e. The molecule has 2 unspecified atom stereocenters. The second kappa shape index (κ2) is 8.69. The minimum absolute atomic E-state index is 0.0131. The first-order valence-electron chi connectivity index (χ1n) is 9.45. The first-order valence-corrected chi connectivity index (χ1v) is 9.45. The molecule has 28 heavy (non-hydrogen) atoms. The summed E-state index contributed by atoms with van der Waals surface area (Å²) in [4.78, 5) is 38.3. The highest BCUT2D eigenvalue weighted by atomic mass is 16.4. The summed E-state index contributed by atoms with van der Waals surface area (Å²) in [6.07, 6.45) is 2.18. The molecule has 1 aliphatic heterocycles. The van der Waals surface area contributed by atoms with E-state index in [2.05, 4.69) is 5.32 Å². The summed E-state index contributed by atoms with van der Waals surface area (Å²) in [7, 11) is 0. The number of piperidine rings is 1. The van der Waals surface area contributed by atoms with Crippen molar-refractivity contribution >= 4 is 23.5 Å². The van der Waals surface area contributed by atoms with E-state index >= 15 is 0 Å². The van der Waals surface area contributed by atoms with Crippen LogP contribution < -0.4 is 5.32 Å². The van der Waals surface area contributed by atoms with E-state index in [0.717, 1.165) is 18.4 Å². The molecule has 0 radical (unpaired) electrons. The van der Waals surface area contributed by atoms with Gasteiger partial charge in [0.1, 0.15) is 6.04 Å². The van der Waals surface area contributed by atoms with E-state index in [-0.39, 0.29) is 11.8 Å². The van der Waals surface area contributed by atoms with E-state index in [1.54, 1.807) is 36.1 Å². The van der Waals surface area contributed by atoms with Crippen molar-refractivity contribution in [1.29, 1.82) is 0 Å². The predicted molar refractivity (Wildman–Crippen MR) is 106 cm³/mol. The Morgan fingerprint density at radius 1 is 1.00 bits per heavy atom. The maximum Gasteiger partial charge on any atom is 0.310 e. The van der Waals surface area contributed by atoms with Crippen molar-refractivity contribution in [3.8, 4) is 0 Å². The Balaban J connectivity index is 1.81. The maximum absolute atomic E-state index is 13.1. The second-order valence-corrected chi connectivity index (χ2v) is 7.03. The number of rotatable bonds is 6. The topological polar surface area (TPSA) is 86.7 Å². The number of carbonyl (C=O) groups excluding carboxylic acids is 2. The third kappa shape index (κ3) is 4.39. The summed E-state index contributed by atoms with van der Waals surface area (Å²) >= 11 is 0. The van der Waals surface area contributed by atoms with Gasteiger partial charge in [-0.1, -0.05) is 42.5 Å². The molecule has 6 heteroatoms. The molecule has 2 amide bonds. The molecule has 0 aliphatic carbocycles. The number of nitrogens with one attached hydrogen (secondary N) is 1. The molecule has 146 valence electrons. The normalized spacial score (nSPS) is 16.3. The molecule has 1 fully saturated rings. The van der Waals surface area contributed by atoms with Gasteiger partial charge in [0.2, 0.25) is 5.91 Å². The average Bonchev–Trinajstić information content (AvgIpc) is 2.70. The van der Waals surface area contributed by atoms with E-state index in [0.29, 0.717) is 24.2 Å².